The molecule has 0 spiro atoms. The number of aryl methyl sites for hydroxylation is 2. The molecule has 5 nitrogen and oxygen atoms in total. The summed E-state index contributed by atoms with van der Waals surface area (Å²) in [5.74, 6) is 0.470. The van der Waals surface area contributed by atoms with Gasteiger partial charge in [-0.1, -0.05) is 36.9 Å². The van der Waals surface area contributed by atoms with Crippen LogP contribution in [0.5, 0.6) is 0 Å². The minimum Gasteiger partial charge on any atom is -0.325 e. The van der Waals surface area contributed by atoms with Gasteiger partial charge < -0.3 is 5.32 Å². The third-order valence-corrected chi connectivity index (χ3v) is 4.81. The van der Waals surface area contributed by atoms with E-state index < -0.39 is 0 Å². The maximum absolute atomic E-state index is 13.2. The van der Waals surface area contributed by atoms with E-state index in [4.69, 9.17) is 0 Å². The molecule has 134 valence electrons. The highest BCUT2D eigenvalue weighted by Gasteiger charge is 2.14. The van der Waals surface area contributed by atoms with Gasteiger partial charge in [0, 0.05) is 11.4 Å². The molecule has 0 saturated carbocycles. The predicted octanol–water partition coefficient (Wildman–Crippen LogP) is 4.01. The molecule has 0 aliphatic carbocycles. The van der Waals surface area contributed by atoms with Crippen LogP contribution in [0.4, 0.5) is 10.1 Å². The van der Waals surface area contributed by atoms with Crippen LogP contribution < -0.4 is 5.32 Å². The van der Waals surface area contributed by atoms with Crippen molar-refractivity contribution in [2.45, 2.75) is 25.4 Å². The molecule has 26 heavy (non-hydrogen) atoms. The number of nitrogens with one attached hydrogen (secondary N) is 1. The molecule has 0 radical (unpaired) electrons. The van der Waals surface area contributed by atoms with Gasteiger partial charge in [-0.05, 0) is 49.2 Å². The Bertz CT molecular complexity index is 908. The maximum Gasteiger partial charge on any atom is 0.234 e. The van der Waals surface area contributed by atoms with Gasteiger partial charge in [0.05, 0.1) is 5.75 Å². The van der Waals surface area contributed by atoms with E-state index in [1.807, 2.05) is 38.1 Å². The zero-order valence-electron chi connectivity index (χ0n) is 14.6. The molecule has 3 aromatic rings. The average molecular weight is 370 g/mol. The number of benzene rings is 2. The summed E-state index contributed by atoms with van der Waals surface area (Å²) >= 11 is 1.29. The van der Waals surface area contributed by atoms with Crippen LogP contribution in [-0.2, 0) is 11.2 Å². The van der Waals surface area contributed by atoms with E-state index in [1.54, 1.807) is 16.7 Å². The van der Waals surface area contributed by atoms with Gasteiger partial charge in [-0.2, -0.15) is 0 Å². The highest BCUT2D eigenvalue weighted by molar-refractivity contribution is 7.99. The molecule has 2 aromatic carbocycles. The summed E-state index contributed by atoms with van der Waals surface area (Å²) in [5, 5.41) is 11.7. The molecule has 1 aromatic heterocycles. The van der Waals surface area contributed by atoms with Crippen molar-refractivity contribution < 1.29 is 9.18 Å². The van der Waals surface area contributed by atoms with Crippen LogP contribution in [0.1, 0.15) is 18.3 Å². The van der Waals surface area contributed by atoms with E-state index in [-0.39, 0.29) is 17.5 Å². The van der Waals surface area contributed by atoms with Crippen molar-refractivity contribution in [3.05, 3.63) is 65.7 Å². The Morgan fingerprint density at radius 2 is 1.88 bits per heavy atom. The first kappa shape index (κ1) is 18.1. The fourth-order valence-corrected chi connectivity index (χ4v) is 3.39. The normalized spacial score (nSPS) is 10.7. The number of hydrogen-bond donors (Lipinski definition) is 1. The quantitative estimate of drug-likeness (QED) is 0.666. The van der Waals surface area contributed by atoms with E-state index in [0.29, 0.717) is 11.0 Å². The Morgan fingerprint density at radius 3 is 2.62 bits per heavy atom. The number of amides is 1. The molecule has 0 atom stereocenters. The largest absolute Gasteiger partial charge is 0.325 e. The Labute approximate surface area is 155 Å². The third-order valence-electron chi connectivity index (χ3n) is 3.88. The van der Waals surface area contributed by atoms with E-state index >= 15 is 0 Å². The van der Waals surface area contributed by atoms with E-state index in [1.165, 1.54) is 23.9 Å². The number of thioether (sulfide) groups is 1. The van der Waals surface area contributed by atoms with Crippen molar-refractivity contribution in [2.24, 2.45) is 0 Å². The van der Waals surface area contributed by atoms with Crippen LogP contribution in [0, 0.1) is 12.7 Å². The first-order chi connectivity index (χ1) is 12.6. The smallest absolute Gasteiger partial charge is 0.234 e. The van der Waals surface area contributed by atoms with Gasteiger partial charge in [0.15, 0.2) is 5.16 Å². The lowest BCUT2D eigenvalue weighted by atomic mass is 10.1. The number of carbonyl (C=O) groups excluding carboxylic acids is 1. The molecule has 0 unspecified atom stereocenters. The summed E-state index contributed by atoms with van der Waals surface area (Å²) in [4.78, 5) is 12.3. The standard InChI is InChI=1S/C19H19FN4OS/c1-3-14-6-4-5-7-17(14)21-18(25)12-26-19-23-22-13(2)24(19)16-10-8-15(20)9-11-16/h4-11H,3,12H2,1-2H3,(H,21,25). The van der Waals surface area contributed by atoms with Crippen molar-refractivity contribution in [1.29, 1.82) is 0 Å². The molecule has 1 amide bonds. The summed E-state index contributed by atoms with van der Waals surface area (Å²) in [5.41, 5.74) is 2.68. The third kappa shape index (κ3) is 4.11. The maximum atomic E-state index is 13.2. The van der Waals surface area contributed by atoms with Crippen molar-refractivity contribution >= 4 is 23.4 Å². The molecule has 0 aliphatic rings. The number of rotatable bonds is 6. The SMILES string of the molecule is CCc1ccccc1NC(=O)CSc1nnc(C)n1-c1ccc(F)cc1. The lowest BCUT2D eigenvalue weighted by Gasteiger charge is -2.10. The number of halogens is 1. The molecule has 0 aliphatic heterocycles. The number of nitrogens with zero attached hydrogens (tertiary/aromatic N) is 3. The first-order valence-corrected chi connectivity index (χ1v) is 9.25. The summed E-state index contributed by atoms with van der Waals surface area (Å²) in [6, 6.07) is 13.8. The molecule has 0 saturated heterocycles. The monoisotopic (exact) mass is 370 g/mol. The Morgan fingerprint density at radius 1 is 1.15 bits per heavy atom. The minimum atomic E-state index is -0.303. The van der Waals surface area contributed by atoms with E-state index in [0.717, 1.165) is 23.4 Å². The highest BCUT2D eigenvalue weighted by Crippen LogP contribution is 2.23. The van der Waals surface area contributed by atoms with Gasteiger partial charge in [0.25, 0.3) is 0 Å². The highest BCUT2D eigenvalue weighted by atomic mass is 32.2. The minimum absolute atomic E-state index is 0.109. The van der Waals surface area contributed by atoms with Crippen molar-refractivity contribution in [3.8, 4) is 5.69 Å². The summed E-state index contributed by atoms with van der Waals surface area (Å²) in [7, 11) is 0. The molecule has 0 fully saturated rings. The van der Waals surface area contributed by atoms with Crippen LogP contribution in [0.2, 0.25) is 0 Å². The number of anilines is 1. The Balaban J connectivity index is 1.70. The van der Waals surface area contributed by atoms with Gasteiger partial charge in [-0.15, -0.1) is 10.2 Å². The van der Waals surface area contributed by atoms with Crippen molar-refractivity contribution in [1.82, 2.24) is 14.8 Å². The molecule has 1 heterocycles. The van der Waals surface area contributed by atoms with Gasteiger partial charge in [-0.25, -0.2) is 4.39 Å². The van der Waals surface area contributed by atoms with Gasteiger partial charge in [-0.3, -0.25) is 9.36 Å². The second kappa shape index (κ2) is 8.14. The fourth-order valence-electron chi connectivity index (χ4n) is 2.59. The molecule has 1 N–H and O–H groups in total. The number of aromatic nitrogens is 3. The van der Waals surface area contributed by atoms with Crippen LogP contribution >= 0.6 is 11.8 Å². The lowest BCUT2D eigenvalue weighted by molar-refractivity contribution is -0.113. The van der Waals surface area contributed by atoms with Crippen LogP contribution in [0.15, 0.2) is 53.7 Å². The molecular formula is C19H19FN4OS. The number of para-hydroxylation sites is 1. The number of hydrogen-bond acceptors (Lipinski definition) is 4. The molecule has 7 heteroatoms. The van der Waals surface area contributed by atoms with Crippen molar-refractivity contribution in [3.63, 3.8) is 0 Å². The number of carbonyl (C=O) groups is 1. The van der Waals surface area contributed by atoms with Crippen LogP contribution in [0.3, 0.4) is 0 Å². The molecular weight excluding hydrogens is 351 g/mol. The zero-order chi connectivity index (χ0) is 18.5. The summed E-state index contributed by atoms with van der Waals surface area (Å²) in [6.07, 6.45) is 0.849. The second-order valence-corrected chi connectivity index (χ2v) is 6.63. The Hall–Kier alpha value is -2.67. The second-order valence-electron chi connectivity index (χ2n) is 5.69. The van der Waals surface area contributed by atoms with Crippen LogP contribution in [-0.4, -0.2) is 26.4 Å². The zero-order valence-corrected chi connectivity index (χ0v) is 15.4. The van der Waals surface area contributed by atoms with E-state index in [9.17, 15) is 9.18 Å². The van der Waals surface area contributed by atoms with Crippen LogP contribution in [0.25, 0.3) is 5.69 Å². The fraction of sp³-hybridized carbons (Fsp3) is 0.211. The molecule has 3 rings (SSSR count). The predicted molar refractivity (Wildman–Crippen MR) is 101 cm³/mol. The van der Waals surface area contributed by atoms with Crippen molar-refractivity contribution in [2.75, 3.05) is 11.1 Å². The van der Waals surface area contributed by atoms with E-state index in [2.05, 4.69) is 15.5 Å². The van der Waals surface area contributed by atoms with Gasteiger partial charge >= 0.3 is 0 Å². The average Bonchev–Trinajstić information content (AvgIpc) is 3.02. The van der Waals surface area contributed by atoms with Gasteiger partial charge in [0.1, 0.15) is 11.6 Å². The summed E-state index contributed by atoms with van der Waals surface area (Å²) < 4.78 is 15.0. The Kier molecular flexibility index (Phi) is 5.68. The summed E-state index contributed by atoms with van der Waals surface area (Å²) in [6.45, 7) is 3.87. The topological polar surface area (TPSA) is 59.8 Å². The lowest BCUT2D eigenvalue weighted by Crippen LogP contribution is -2.15. The molecule has 0 bridgehead atoms. The first-order valence-electron chi connectivity index (χ1n) is 8.27. The van der Waals surface area contributed by atoms with Gasteiger partial charge in [0.2, 0.25) is 5.91 Å².